The van der Waals surface area contributed by atoms with E-state index in [1.54, 1.807) is 0 Å². The Morgan fingerprint density at radius 3 is 2.40 bits per heavy atom. The van der Waals surface area contributed by atoms with Crippen molar-refractivity contribution in [2.45, 2.75) is 17.2 Å². The SMILES string of the molecule is c1ccc(SCCN2CCC(c3ccccc3)C2)cc1. The van der Waals surface area contributed by atoms with Crippen LogP contribution in [-0.4, -0.2) is 30.3 Å². The van der Waals surface area contributed by atoms with E-state index in [1.807, 2.05) is 11.8 Å². The van der Waals surface area contributed by atoms with Gasteiger partial charge in [-0.1, -0.05) is 48.5 Å². The van der Waals surface area contributed by atoms with Crippen LogP contribution in [0.4, 0.5) is 0 Å². The molecule has 3 rings (SSSR count). The number of hydrogen-bond donors (Lipinski definition) is 0. The summed E-state index contributed by atoms with van der Waals surface area (Å²) in [5.74, 6) is 1.92. The molecule has 2 heteroatoms. The fourth-order valence-corrected chi connectivity index (χ4v) is 3.78. The highest BCUT2D eigenvalue weighted by atomic mass is 32.2. The average Bonchev–Trinajstić information content (AvgIpc) is 2.98. The monoisotopic (exact) mass is 283 g/mol. The van der Waals surface area contributed by atoms with Gasteiger partial charge in [-0.25, -0.2) is 0 Å². The highest BCUT2D eigenvalue weighted by molar-refractivity contribution is 7.99. The molecule has 0 aromatic heterocycles. The molecule has 1 atom stereocenters. The molecule has 0 amide bonds. The summed E-state index contributed by atoms with van der Waals surface area (Å²) in [7, 11) is 0. The first-order chi connectivity index (χ1) is 9.92. The number of benzene rings is 2. The van der Waals surface area contributed by atoms with Crippen molar-refractivity contribution in [2.24, 2.45) is 0 Å². The Balaban J connectivity index is 1.44. The maximum atomic E-state index is 2.60. The van der Waals surface area contributed by atoms with Gasteiger partial charge in [0, 0.05) is 23.7 Å². The van der Waals surface area contributed by atoms with Crippen LogP contribution in [0.5, 0.6) is 0 Å². The van der Waals surface area contributed by atoms with Crippen molar-refractivity contribution < 1.29 is 0 Å². The zero-order chi connectivity index (χ0) is 13.6. The van der Waals surface area contributed by atoms with Crippen molar-refractivity contribution in [2.75, 3.05) is 25.4 Å². The van der Waals surface area contributed by atoms with Crippen LogP contribution in [0.25, 0.3) is 0 Å². The van der Waals surface area contributed by atoms with E-state index >= 15 is 0 Å². The Kier molecular flexibility index (Phi) is 4.77. The van der Waals surface area contributed by atoms with Crippen LogP contribution >= 0.6 is 11.8 Å². The predicted octanol–water partition coefficient (Wildman–Crippen LogP) is 4.27. The quantitative estimate of drug-likeness (QED) is 0.754. The van der Waals surface area contributed by atoms with Crippen LogP contribution in [0.3, 0.4) is 0 Å². The van der Waals surface area contributed by atoms with Crippen molar-refractivity contribution in [3.05, 3.63) is 66.2 Å². The highest BCUT2D eigenvalue weighted by Crippen LogP contribution is 2.27. The van der Waals surface area contributed by atoms with E-state index in [0.717, 1.165) is 5.92 Å². The molecule has 1 aliphatic rings. The van der Waals surface area contributed by atoms with Crippen LogP contribution in [0.2, 0.25) is 0 Å². The summed E-state index contributed by atoms with van der Waals surface area (Å²) in [5, 5.41) is 0. The van der Waals surface area contributed by atoms with E-state index in [1.165, 1.54) is 42.3 Å². The summed E-state index contributed by atoms with van der Waals surface area (Å²) < 4.78 is 0. The zero-order valence-corrected chi connectivity index (χ0v) is 12.6. The standard InChI is InChI=1S/C18H21NS/c1-3-7-16(8-4-1)17-11-12-19(15-17)13-14-20-18-9-5-2-6-10-18/h1-10,17H,11-15H2. The van der Waals surface area contributed by atoms with Crippen molar-refractivity contribution >= 4 is 11.8 Å². The van der Waals surface area contributed by atoms with Crippen LogP contribution in [-0.2, 0) is 0 Å². The lowest BCUT2D eigenvalue weighted by molar-refractivity contribution is 0.357. The highest BCUT2D eigenvalue weighted by Gasteiger charge is 2.22. The van der Waals surface area contributed by atoms with E-state index in [2.05, 4.69) is 65.6 Å². The summed E-state index contributed by atoms with van der Waals surface area (Å²) in [6.45, 7) is 3.66. The molecule has 2 aromatic rings. The Labute approximate surface area is 126 Å². The second kappa shape index (κ2) is 6.96. The summed E-state index contributed by atoms with van der Waals surface area (Å²) in [6, 6.07) is 21.7. The predicted molar refractivity (Wildman–Crippen MR) is 87.4 cm³/mol. The second-order valence-electron chi connectivity index (χ2n) is 5.36. The van der Waals surface area contributed by atoms with Crippen LogP contribution in [0.15, 0.2) is 65.6 Å². The van der Waals surface area contributed by atoms with Crippen molar-refractivity contribution in [1.29, 1.82) is 0 Å². The fraction of sp³-hybridized carbons (Fsp3) is 0.333. The van der Waals surface area contributed by atoms with Gasteiger partial charge in [-0.2, -0.15) is 0 Å². The zero-order valence-electron chi connectivity index (χ0n) is 11.7. The number of nitrogens with zero attached hydrogens (tertiary/aromatic N) is 1. The minimum Gasteiger partial charge on any atom is -0.302 e. The molecule has 0 saturated carbocycles. The Bertz CT molecular complexity index is 511. The summed E-state index contributed by atoms with van der Waals surface area (Å²) in [5.41, 5.74) is 1.51. The molecule has 1 nitrogen and oxygen atoms in total. The number of likely N-dealkylation sites (tertiary alicyclic amines) is 1. The minimum atomic E-state index is 0.734. The summed E-state index contributed by atoms with van der Waals surface area (Å²) in [4.78, 5) is 3.99. The molecule has 0 spiro atoms. The first-order valence-corrected chi connectivity index (χ1v) is 8.35. The third-order valence-electron chi connectivity index (χ3n) is 3.96. The van der Waals surface area contributed by atoms with Crippen LogP contribution in [0.1, 0.15) is 17.9 Å². The molecule has 2 aromatic carbocycles. The third-order valence-corrected chi connectivity index (χ3v) is 4.95. The summed E-state index contributed by atoms with van der Waals surface area (Å²) in [6.07, 6.45) is 1.31. The van der Waals surface area contributed by atoms with Gasteiger partial charge in [0.05, 0.1) is 0 Å². The van der Waals surface area contributed by atoms with E-state index < -0.39 is 0 Å². The Morgan fingerprint density at radius 2 is 1.65 bits per heavy atom. The number of thioether (sulfide) groups is 1. The van der Waals surface area contributed by atoms with Crippen LogP contribution in [0, 0.1) is 0 Å². The Hall–Kier alpha value is -1.25. The Morgan fingerprint density at radius 1 is 0.950 bits per heavy atom. The molecular formula is C18H21NS. The molecule has 1 saturated heterocycles. The lowest BCUT2D eigenvalue weighted by atomic mass is 9.99. The van der Waals surface area contributed by atoms with Crippen molar-refractivity contribution in [3.63, 3.8) is 0 Å². The van der Waals surface area contributed by atoms with Crippen LogP contribution < -0.4 is 0 Å². The maximum absolute atomic E-state index is 2.60. The molecule has 1 unspecified atom stereocenters. The van der Waals surface area contributed by atoms with Gasteiger partial charge in [0.25, 0.3) is 0 Å². The fourth-order valence-electron chi connectivity index (χ4n) is 2.84. The van der Waals surface area contributed by atoms with Crippen molar-refractivity contribution in [1.82, 2.24) is 4.90 Å². The number of hydrogen-bond acceptors (Lipinski definition) is 2. The van der Waals surface area contributed by atoms with Crippen molar-refractivity contribution in [3.8, 4) is 0 Å². The molecule has 1 fully saturated rings. The molecular weight excluding hydrogens is 262 g/mol. The molecule has 1 aliphatic heterocycles. The van der Waals surface area contributed by atoms with E-state index in [0.29, 0.717) is 0 Å². The van der Waals surface area contributed by atoms with Gasteiger partial charge in [-0.3, -0.25) is 0 Å². The third kappa shape index (κ3) is 3.65. The topological polar surface area (TPSA) is 3.24 Å². The van der Waals surface area contributed by atoms with Gasteiger partial charge in [-0.15, -0.1) is 11.8 Å². The normalized spacial score (nSPS) is 19.3. The van der Waals surface area contributed by atoms with Gasteiger partial charge in [-0.05, 0) is 36.6 Å². The maximum Gasteiger partial charge on any atom is 0.0108 e. The second-order valence-corrected chi connectivity index (χ2v) is 6.53. The van der Waals surface area contributed by atoms with Gasteiger partial charge >= 0.3 is 0 Å². The summed E-state index contributed by atoms with van der Waals surface area (Å²) >= 11 is 1.96. The first kappa shape index (κ1) is 13.7. The van der Waals surface area contributed by atoms with Gasteiger partial charge < -0.3 is 4.90 Å². The first-order valence-electron chi connectivity index (χ1n) is 7.37. The average molecular weight is 283 g/mol. The van der Waals surface area contributed by atoms with E-state index in [-0.39, 0.29) is 0 Å². The molecule has 0 N–H and O–H groups in total. The lowest BCUT2D eigenvalue weighted by Gasteiger charge is -2.15. The molecule has 0 aliphatic carbocycles. The minimum absolute atomic E-state index is 0.734. The lowest BCUT2D eigenvalue weighted by Crippen LogP contribution is -2.23. The largest absolute Gasteiger partial charge is 0.302 e. The number of rotatable bonds is 5. The smallest absolute Gasteiger partial charge is 0.0108 e. The molecule has 20 heavy (non-hydrogen) atoms. The van der Waals surface area contributed by atoms with E-state index in [9.17, 15) is 0 Å². The molecule has 104 valence electrons. The molecule has 1 heterocycles. The van der Waals surface area contributed by atoms with E-state index in [4.69, 9.17) is 0 Å². The van der Waals surface area contributed by atoms with Gasteiger partial charge in [0.1, 0.15) is 0 Å². The van der Waals surface area contributed by atoms with Gasteiger partial charge in [0.2, 0.25) is 0 Å². The molecule has 0 bridgehead atoms. The molecule has 0 radical (unpaired) electrons. The van der Waals surface area contributed by atoms with Gasteiger partial charge in [0.15, 0.2) is 0 Å².